The second kappa shape index (κ2) is 9.19. The van der Waals surface area contributed by atoms with Gasteiger partial charge in [-0.2, -0.15) is 0 Å². The molecule has 3 aromatic heterocycles. The summed E-state index contributed by atoms with van der Waals surface area (Å²) in [6.45, 7) is 2.16. The first-order valence-electron chi connectivity index (χ1n) is 11.1. The van der Waals surface area contributed by atoms with E-state index in [1.807, 2.05) is 67.6 Å². The molecule has 5 rings (SSSR count). The van der Waals surface area contributed by atoms with Crippen molar-refractivity contribution < 1.29 is 4.79 Å². The highest BCUT2D eigenvalue weighted by molar-refractivity contribution is 6.30. The molecule has 0 radical (unpaired) electrons. The molecule has 0 unspecified atom stereocenters. The third-order valence-corrected chi connectivity index (χ3v) is 6.17. The molecule has 3 heterocycles. The van der Waals surface area contributed by atoms with Crippen molar-refractivity contribution in [2.45, 2.75) is 19.5 Å². The van der Waals surface area contributed by atoms with Crippen LogP contribution in [0.1, 0.15) is 34.5 Å². The number of hydrogen-bond acceptors (Lipinski definition) is 4. The number of hydrogen-bond donors (Lipinski definition) is 2. The molecule has 0 spiro atoms. The number of amides is 1. The van der Waals surface area contributed by atoms with Crippen LogP contribution >= 0.6 is 11.6 Å². The van der Waals surface area contributed by atoms with E-state index in [0.29, 0.717) is 16.3 Å². The number of rotatable bonds is 5. The van der Waals surface area contributed by atoms with E-state index in [4.69, 9.17) is 17.0 Å². The van der Waals surface area contributed by atoms with Crippen LogP contribution in [0.2, 0.25) is 5.02 Å². The first kappa shape index (κ1) is 22.6. The molecule has 8 heteroatoms. The van der Waals surface area contributed by atoms with Gasteiger partial charge in [-0.3, -0.25) is 19.4 Å². The highest BCUT2D eigenvalue weighted by Crippen LogP contribution is 2.16. The van der Waals surface area contributed by atoms with Crippen molar-refractivity contribution in [2.24, 2.45) is 0 Å². The SMILES string of the molecule is C[C@H](NC(=O)c1cc2c(=O)n3cc(Cl)ccc3nc2n(Cc2ccccc2)c1=N)c1ccccc1. The smallest absolute Gasteiger partial charge is 0.267 e. The largest absolute Gasteiger partial charge is 0.345 e. The van der Waals surface area contributed by atoms with Gasteiger partial charge in [0.2, 0.25) is 0 Å². The van der Waals surface area contributed by atoms with Crippen LogP contribution < -0.4 is 16.4 Å². The van der Waals surface area contributed by atoms with E-state index in [2.05, 4.69) is 10.3 Å². The van der Waals surface area contributed by atoms with Gasteiger partial charge in [-0.1, -0.05) is 72.3 Å². The van der Waals surface area contributed by atoms with E-state index in [-0.39, 0.29) is 34.6 Å². The van der Waals surface area contributed by atoms with Gasteiger partial charge in [0.25, 0.3) is 11.5 Å². The first-order valence-corrected chi connectivity index (χ1v) is 11.5. The molecule has 0 bridgehead atoms. The summed E-state index contributed by atoms with van der Waals surface area (Å²) in [6, 6.07) is 23.6. The van der Waals surface area contributed by atoms with Crippen LogP contribution in [0.5, 0.6) is 0 Å². The summed E-state index contributed by atoms with van der Waals surface area (Å²) in [5, 5.41) is 12.5. The van der Waals surface area contributed by atoms with Gasteiger partial charge in [-0.15, -0.1) is 0 Å². The Bertz CT molecular complexity index is 1680. The number of aromatic nitrogens is 3. The van der Waals surface area contributed by atoms with Gasteiger partial charge >= 0.3 is 0 Å². The Morgan fingerprint density at radius 3 is 2.46 bits per heavy atom. The summed E-state index contributed by atoms with van der Waals surface area (Å²) in [5.41, 5.74) is 2.30. The number of carbonyl (C=O) groups is 1. The highest BCUT2D eigenvalue weighted by Gasteiger charge is 2.19. The van der Waals surface area contributed by atoms with Gasteiger partial charge in [0.05, 0.1) is 28.6 Å². The summed E-state index contributed by atoms with van der Waals surface area (Å²) in [4.78, 5) is 31.4. The van der Waals surface area contributed by atoms with Gasteiger partial charge in [0.15, 0.2) is 0 Å². The second-order valence-corrected chi connectivity index (χ2v) is 8.75. The summed E-state index contributed by atoms with van der Waals surface area (Å²) in [5.74, 6) is -0.439. The quantitative estimate of drug-likeness (QED) is 0.365. The number of pyridine rings is 2. The van der Waals surface area contributed by atoms with Crippen LogP contribution in [0.3, 0.4) is 0 Å². The molecule has 0 fully saturated rings. The lowest BCUT2D eigenvalue weighted by Crippen LogP contribution is -2.36. The zero-order valence-electron chi connectivity index (χ0n) is 18.9. The molecular formula is C27H22ClN5O2. The number of benzene rings is 2. The van der Waals surface area contributed by atoms with Crippen LogP contribution in [0.4, 0.5) is 0 Å². The van der Waals surface area contributed by atoms with Crippen molar-refractivity contribution in [2.75, 3.05) is 0 Å². The number of nitrogens with zero attached hydrogens (tertiary/aromatic N) is 3. The lowest BCUT2D eigenvalue weighted by Gasteiger charge is -2.17. The molecule has 0 aliphatic heterocycles. The molecule has 0 aliphatic carbocycles. The van der Waals surface area contributed by atoms with Gasteiger partial charge in [0, 0.05) is 6.20 Å². The molecule has 1 atom stereocenters. The fraction of sp³-hybridized carbons (Fsp3) is 0.111. The van der Waals surface area contributed by atoms with Crippen LogP contribution in [0, 0.1) is 5.41 Å². The third kappa shape index (κ3) is 4.34. The predicted molar refractivity (Wildman–Crippen MR) is 136 cm³/mol. The van der Waals surface area contributed by atoms with E-state index in [1.54, 1.807) is 16.7 Å². The van der Waals surface area contributed by atoms with Crippen molar-refractivity contribution in [1.82, 2.24) is 19.3 Å². The van der Waals surface area contributed by atoms with Crippen molar-refractivity contribution in [3.8, 4) is 0 Å². The van der Waals surface area contributed by atoms with E-state index in [9.17, 15) is 9.59 Å². The molecule has 5 aromatic rings. The third-order valence-electron chi connectivity index (χ3n) is 5.95. The Hall–Kier alpha value is -4.23. The summed E-state index contributed by atoms with van der Waals surface area (Å²) < 4.78 is 2.96. The zero-order valence-corrected chi connectivity index (χ0v) is 19.7. The minimum atomic E-state index is -0.439. The molecule has 7 nitrogen and oxygen atoms in total. The Kier molecular flexibility index (Phi) is 5.93. The van der Waals surface area contributed by atoms with E-state index in [0.717, 1.165) is 11.1 Å². The van der Waals surface area contributed by atoms with Gasteiger partial charge in [0.1, 0.15) is 16.8 Å². The average molecular weight is 484 g/mol. The Morgan fingerprint density at radius 1 is 1.06 bits per heavy atom. The maximum absolute atomic E-state index is 13.4. The zero-order chi connectivity index (χ0) is 24.5. The molecule has 174 valence electrons. The molecule has 1 amide bonds. The lowest BCUT2D eigenvalue weighted by atomic mass is 10.1. The minimum Gasteiger partial charge on any atom is -0.345 e. The maximum Gasteiger partial charge on any atom is 0.267 e. The summed E-state index contributed by atoms with van der Waals surface area (Å²) in [7, 11) is 0. The summed E-state index contributed by atoms with van der Waals surface area (Å²) in [6.07, 6.45) is 1.50. The number of halogens is 1. The number of fused-ring (bicyclic) bond motifs is 2. The Balaban J connectivity index is 1.70. The van der Waals surface area contributed by atoms with E-state index < -0.39 is 5.91 Å². The molecule has 35 heavy (non-hydrogen) atoms. The molecule has 0 saturated carbocycles. The molecule has 2 N–H and O–H groups in total. The van der Waals surface area contributed by atoms with Crippen LogP contribution in [-0.2, 0) is 6.54 Å². The Morgan fingerprint density at radius 2 is 1.74 bits per heavy atom. The van der Waals surface area contributed by atoms with Crippen molar-refractivity contribution in [3.05, 3.63) is 123 Å². The van der Waals surface area contributed by atoms with Crippen LogP contribution in [-0.4, -0.2) is 19.9 Å². The molecule has 0 aliphatic rings. The van der Waals surface area contributed by atoms with Crippen LogP contribution in [0.25, 0.3) is 16.7 Å². The summed E-state index contributed by atoms with van der Waals surface area (Å²) >= 11 is 6.12. The standard InChI is InChI=1S/C27H22ClN5O2/c1-17(19-10-6-3-7-11-19)30-26(34)21-14-22-25(31-23-13-12-20(28)16-32(23)27(22)35)33(24(21)29)15-18-8-4-2-5-9-18/h2-14,16-17,29H,15H2,1H3,(H,30,34)/t17-/m0/s1. The monoisotopic (exact) mass is 483 g/mol. The first-order chi connectivity index (χ1) is 16.9. The van der Waals surface area contributed by atoms with E-state index in [1.165, 1.54) is 16.7 Å². The predicted octanol–water partition coefficient (Wildman–Crippen LogP) is 4.32. The topological polar surface area (TPSA) is 92.2 Å². The average Bonchev–Trinajstić information content (AvgIpc) is 2.87. The van der Waals surface area contributed by atoms with Crippen molar-refractivity contribution in [3.63, 3.8) is 0 Å². The number of nitrogens with one attached hydrogen (secondary N) is 2. The fourth-order valence-corrected chi connectivity index (χ4v) is 4.26. The number of carbonyl (C=O) groups excluding carboxylic acids is 1. The Labute approximate surface area is 205 Å². The molecular weight excluding hydrogens is 462 g/mol. The van der Waals surface area contributed by atoms with Crippen molar-refractivity contribution in [1.29, 1.82) is 5.41 Å². The molecule has 0 saturated heterocycles. The minimum absolute atomic E-state index is 0.0238. The normalized spacial score (nSPS) is 12.1. The van der Waals surface area contributed by atoms with Gasteiger partial charge in [-0.25, -0.2) is 4.98 Å². The maximum atomic E-state index is 13.4. The van der Waals surface area contributed by atoms with Gasteiger partial charge in [-0.05, 0) is 36.2 Å². The lowest BCUT2D eigenvalue weighted by molar-refractivity contribution is 0.0937. The fourth-order valence-electron chi connectivity index (χ4n) is 4.10. The highest BCUT2D eigenvalue weighted by atomic mass is 35.5. The van der Waals surface area contributed by atoms with Gasteiger partial charge < -0.3 is 9.88 Å². The second-order valence-electron chi connectivity index (χ2n) is 8.31. The van der Waals surface area contributed by atoms with E-state index >= 15 is 0 Å². The van der Waals surface area contributed by atoms with Crippen molar-refractivity contribution >= 4 is 34.2 Å². The molecule has 2 aromatic carbocycles. The van der Waals surface area contributed by atoms with Crippen LogP contribution in [0.15, 0.2) is 89.9 Å².